The van der Waals surface area contributed by atoms with Gasteiger partial charge in [-0.05, 0) is 121 Å². The minimum absolute atomic E-state index is 0.0787. The van der Waals surface area contributed by atoms with E-state index in [0.717, 1.165) is 11.4 Å². The van der Waals surface area contributed by atoms with Gasteiger partial charge in [0.15, 0.2) is 0 Å². The number of nitrogens with zero attached hydrogens (tertiary/aromatic N) is 2. The van der Waals surface area contributed by atoms with Crippen molar-refractivity contribution in [3.63, 3.8) is 0 Å². The highest BCUT2D eigenvalue weighted by Gasteiger charge is 2.45. The molecule has 0 fully saturated rings. The van der Waals surface area contributed by atoms with Crippen molar-refractivity contribution < 1.29 is 0 Å². The monoisotopic (exact) mass is 884 g/mol. The molecule has 0 bridgehead atoms. The maximum atomic E-state index is 2.56. The Kier molecular flexibility index (Phi) is 10.3. The molecule has 0 amide bonds. The van der Waals surface area contributed by atoms with E-state index in [2.05, 4.69) is 286 Å². The number of hydrogen-bond acceptors (Lipinski definition) is 2. The van der Waals surface area contributed by atoms with Crippen LogP contribution in [0.1, 0.15) is 49.9 Å². The second-order valence-electron chi connectivity index (χ2n) is 19.8. The number of fused-ring (bicyclic) bond motifs is 4. The lowest BCUT2D eigenvalue weighted by Gasteiger charge is -2.45. The van der Waals surface area contributed by atoms with Gasteiger partial charge >= 0.3 is 0 Å². The van der Waals surface area contributed by atoms with Crippen LogP contribution in [0, 0.1) is 0 Å². The van der Waals surface area contributed by atoms with Crippen LogP contribution in [0.4, 0.5) is 34.1 Å². The lowest BCUT2D eigenvalue weighted by atomic mass is 9.33. The van der Waals surface area contributed by atoms with E-state index >= 15 is 0 Å². The van der Waals surface area contributed by atoms with Gasteiger partial charge in [0.05, 0.1) is 0 Å². The number of rotatable bonds is 9. The Hall–Kier alpha value is -8.14. The van der Waals surface area contributed by atoms with E-state index < -0.39 is 0 Å². The molecule has 2 nitrogen and oxygen atoms in total. The maximum Gasteiger partial charge on any atom is 0.252 e. The number of hydrogen-bond donors (Lipinski definition) is 0. The standard InChI is InChI=1S/C66H53BN2/c1-65(2,52-30-16-8-17-31-52)54-36-38-60-58(44-54)67-59-45-55(66(3,4)53-32-18-9-19-33-53)37-39-61(59)69(57-35-21-29-50(41-57)47-24-12-6-13-25-47)63-43-51(48-26-14-7-15-27-48)42-62(64(63)67)68(60)56-34-20-28-49(40-56)46-22-10-5-11-23-46/h5-45H,1-4H3. The van der Waals surface area contributed by atoms with Gasteiger partial charge in [-0.3, -0.25) is 0 Å². The van der Waals surface area contributed by atoms with Gasteiger partial charge in [-0.25, -0.2) is 0 Å². The Labute approximate surface area is 407 Å². The Balaban J connectivity index is 1.19. The highest BCUT2D eigenvalue weighted by atomic mass is 15.2. The summed E-state index contributed by atoms with van der Waals surface area (Å²) in [6, 6.07) is 92.3. The Morgan fingerprint density at radius 3 is 1.01 bits per heavy atom. The Morgan fingerprint density at radius 1 is 0.275 bits per heavy atom. The van der Waals surface area contributed by atoms with Crippen LogP contribution < -0.4 is 26.2 Å². The van der Waals surface area contributed by atoms with Crippen molar-refractivity contribution in [2.24, 2.45) is 0 Å². The van der Waals surface area contributed by atoms with E-state index in [1.807, 2.05) is 0 Å². The van der Waals surface area contributed by atoms with Crippen molar-refractivity contribution in [1.29, 1.82) is 0 Å². The molecule has 10 aromatic rings. The third-order valence-corrected chi connectivity index (χ3v) is 15.0. The quantitative estimate of drug-likeness (QED) is 0.133. The summed E-state index contributed by atoms with van der Waals surface area (Å²) < 4.78 is 0. The third kappa shape index (κ3) is 7.29. The largest absolute Gasteiger partial charge is 0.311 e. The van der Waals surface area contributed by atoms with Gasteiger partial charge < -0.3 is 9.80 Å². The summed E-state index contributed by atoms with van der Waals surface area (Å²) in [4.78, 5) is 5.12. The van der Waals surface area contributed by atoms with Crippen molar-refractivity contribution in [3.8, 4) is 33.4 Å². The molecule has 330 valence electrons. The molecular formula is C66H53BN2. The second kappa shape index (κ2) is 16.9. The average molecular weight is 885 g/mol. The van der Waals surface area contributed by atoms with E-state index in [4.69, 9.17) is 0 Å². The Bertz CT molecular complexity index is 3280. The second-order valence-corrected chi connectivity index (χ2v) is 19.8. The molecule has 0 saturated heterocycles. The van der Waals surface area contributed by atoms with Crippen LogP contribution in [-0.4, -0.2) is 6.71 Å². The summed E-state index contributed by atoms with van der Waals surface area (Å²) in [7, 11) is 0. The first-order valence-electron chi connectivity index (χ1n) is 24.3. The van der Waals surface area contributed by atoms with E-state index in [0.29, 0.717) is 0 Å². The molecule has 0 saturated carbocycles. The van der Waals surface area contributed by atoms with E-state index in [-0.39, 0.29) is 17.5 Å². The van der Waals surface area contributed by atoms with Crippen LogP contribution in [0.3, 0.4) is 0 Å². The van der Waals surface area contributed by atoms with E-state index in [1.54, 1.807) is 0 Å². The van der Waals surface area contributed by atoms with E-state index in [9.17, 15) is 0 Å². The summed E-state index contributed by atoms with van der Waals surface area (Å²) >= 11 is 0. The first-order valence-corrected chi connectivity index (χ1v) is 24.3. The predicted molar refractivity (Wildman–Crippen MR) is 294 cm³/mol. The molecule has 69 heavy (non-hydrogen) atoms. The van der Waals surface area contributed by atoms with E-state index in [1.165, 1.54) is 94.8 Å². The summed E-state index contributed by atoms with van der Waals surface area (Å²) in [5, 5.41) is 0. The summed E-state index contributed by atoms with van der Waals surface area (Å²) in [5.41, 5.74) is 22.7. The molecule has 12 rings (SSSR count). The molecule has 10 aromatic carbocycles. The SMILES string of the molecule is CC(C)(c1ccccc1)c1ccc2c(c1)B1c3cc(C(C)(C)c4ccccc4)ccc3N(c3cccc(-c4ccccc4)c3)c3cc(-c4ccccc4)cc(c31)N2c1cccc(-c2ccccc2)c1. The highest BCUT2D eigenvalue weighted by molar-refractivity contribution is 7.00. The van der Waals surface area contributed by atoms with Crippen molar-refractivity contribution in [1.82, 2.24) is 0 Å². The zero-order valence-electron chi connectivity index (χ0n) is 39.6. The number of benzene rings is 10. The summed E-state index contributed by atoms with van der Waals surface area (Å²) in [6.07, 6.45) is 0. The van der Waals surface area contributed by atoms with Crippen molar-refractivity contribution in [3.05, 3.63) is 271 Å². The predicted octanol–water partition coefficient (Wildman–Crippen LogP) is 15.4. The fourth-order valence-corrected chi connectivity index (χ4v) is 11.1. The zero-order valence-corrected chi connectivity index (χ0v) is 39.6. The molecule has 2 heterocycles. The van der Waals surface area contributed by atoms with Crippen LogP contribution in [0.25, 0.3) is 33.4 Å². The fraction of sp³-hybridized carbons (Fsp3) is 0.0909. The molecule has 0 radical (unpaired) electrons. The molecule has 0 atom stereocenters. The lowest BCUT2D eigenvalue weighted by Crippen LogP contribution is -2.61. The van der Waals surface area contributed by atoms with Crippen molar-refractivity contribution in [2.75, 3.05) is 9.80 Å². The molecule has 3 heteroatoms. The van der Waals surface area contributed by atoms with Gasteiger partial charge in [0, 0.05) is 45.0 Å². The summed E-state index contributed by atoms with van der Waals surface area (Å²) in [6.45, 7) is 9.41. The number of anilines is 6. The summed E-state index contributed by atoms with van der Waals surface area (Å²) in [5.74, 6) is 0. The van der Waals surface area contributed by atoms with Gasteiger partial charge in [0.2, 0.25) is 0 Å². The molecule has 0 aromatic heterocycles. The lowest BCUT2D eigenvalue weighted by molar-refractivity contribution is 0.641. The molecule has 0 aliphatic carbocycles. The Morgan fingerprint density at radius 2 is 0.623 bits per heavy atom. The van der Waals surface area contributed by atoms with Crippen molar-refractivity contribution in [2.45, 2.75) is 38.5 Å². The normalized spacial score (nSPS) is 12.8. The molecule has 0 spiro atoms. The molecule has 0 N–H and O–H groups in total. The smallest absolute Gasteiger partial charge is 0.252 e. The first kappa shape index (κ1) is 42.2. The molecule has 0 unspecified atom stereocenters. The topological polar surface area (TPSA) is 6.48 Å². The maximum absolute atomic E-state index is 2.56. The minimum Gasteiger partial charge on any atom is -0.311 e. The van der Waals surface area contributed by atoms with Crippen LogP contribution >= 0.6 is 0 Å². The van der Waals surface area contributed by atoms with Gasteiger partial charge in [0.25, 0.3) is 6.71 Å². The van der Waals surface area contributed by atoms with Gasteiger partial charge in [-0.15, -0.1) is 0 Å². The highest BCUT2D eigenvalue weighted by Crippen LogP contribution is 2.48. The van der Waals surface area contributed by atoms with Crippen LogP contribution in [0.5, 0.6) is 0 Å². The van der Waals surface area contributed by atoms with Crippen LogP contribution in [-0.2, 0) is 10.8 Å². The van der Waals surface area contributed by atoms with Crippen molar-refractivity contribution >= 4 is 57.2 Å². The van der Waals surface area contributed by atoms with Gasteiger partial charge in [0.1, 0.15) is 0 Å². The minimum atomic E-state index is -0.257. The fourth-order valence-electron chi connectivity index (χ4n) is 11.1. The van der Waals surface area contributed by atoms with Crippen LogP contribution in [0.15, 0.2) is 249 Å². The average Bonchev–Trinajstić information content (AvgIpc) is 3.41. The zero-order chi connectivity index (χ0) is 46.7. The molecular weight excluding hydrogens is 832 g/mol. The molecule has 2 aliphatic heterocycles. The molecule has 2 aliphatic rings. The van der Waals surface area contributed by atoms with Gasteiger partial charge in [-0.2, -0.15) is 0 Å². The van der Waals surface area contributed by atoms with Gasteiger partial charge in [-0.1, -0.05) is 228 Å². The first-order chi connectivity index (χ1) is 33.7. The van der Waals surface area contributed by atoms with Crippen LogP contribution in [0.2, 0.25) is 0 Å². The third-order valence-electron chi connectivity index (χ3n) is 15.0.